The van der Waals surface area contributed by atoms with Crippen molar-refractivity contribution in [2.45, 2.75) is 12.8 Å². The van der Waals surface area contributed by atoms with Crippen LogP contribution in [0.4, 0.5) is 11.5 Å². The first-order chi connectivity index (χ1) is 12.8. The van der Waals surface area contributed by atoms with Gasteiger partial charge in [-0.1, -0.05) is 6.07 Å². The zero-order valence-corrected chi connectivity index (χ0v) is 14.2. The Morgan fingerprint density at radius 2 is 2.08 bits per heavy atom. The van der Waals surface area contributed by atoms with Crippen molar-refractivity contribution >= 4 is 17.4 Å². The van der Waals surface area contributed by atoms with E-state index in [-0.39, 0.29) is 11.8 Å². The summed E-state index contributed by atoms with van der Waals surface area (Å²) in [6, 6.07) is 7.63. The molecule has 3 aromatic rings. The van der Waals surface area contributed by atoms with Crippen LogP contribution in [0.15, 0.2) is 55.5 Å². The minimum atomic E-state index is -0.0793. The van der Waals surface area contributed by atoms with Crippen LogP contribution >= 0.6 is 0 Å². The van der Waals surface area contributed by atoms with Gasteiger partial charge in [0.1, 0.15) is 18.5 Å². The summed E-state index contributed by atoms with van der Waals surface area (Å²) in [7, 11) is 0. The maximum atomic E-state index is 12.7. The van der Waals surface area contributed by atoms with E-state index in [1.807, 2.05) is 24.3 Å². The molecule has 8 nitrogen and oxygen atoms in total. The average Bonchev–Trinajstić information content (AvgIpc) is 3.24. The first-order valence-corrected chi connectivity index (χ1v) is 8.56. The molecule has 1 saturated heterocycles. The molecule has 0 bridgehead atoms. The highest BCUT2D eigenvalue weighted by atomic mass is 16.1. The topological polar surface area (TPSA) is 88.8 Å². The third-order valence-electron chi connectivity index (χ3n) is 4.50. The number of benzene rings is 1. The van der Waals surface area contributed by atoms with Crippen molar-refractivity contribution in [2.75, 3.05) is 23.3 Å². The lowest BCUT2D eigenvalue weighted by atomic mass is 9.97. The minimum Gasteiger partial charge on any atom is -0.355 e. The Labute approximate surface area is 150 Å². The molecule has 8 heteroatoms. The van der Waals surface area contributed by atoms with Crippen LogP contribution in [0.25, 0.3) is 5.69 Å². The molecular weight excluding hydrogens is 330 g/mol. The maximum Gasteiger partial charge on any atom is 0.229 e. The molecule has 1 atom stereocenters. The van der Waals surface area contributed by atoms with Crippen molar-refractivity contribution in [3.63, 3.8) is 0 Å². The second-order valence-corrected chi connectivity index (χ2v) is 6.26. The number of carbonyl (C=O) groups excluding carboxylic acids is 1. The van der Waals surface area contributed by atoms with Crippen LogP contribution in [-0.2, 0) is 4.79 Å². The Balaban J connectivity index is 1.44. The van der Waals surface area contributed by atoms with Crippen molar-refractivity contribution < 1.29 is 4.79 Å². The van der Waals surface area contributed by atoms with Crippen molar-refractivity contribution in [1.29, 1.82) is 0 Å². The van der Waals surface area contributed by atoms with Crippen LogP contribution in [0.1, 0.15) is 12.8 Å². The molecule has 0 aliphatic carbocycles. The number of amides is 1. The number of aromatic nitrogens is 5. The van der Waals surface area contributed by atoms with E-state index in [0.717, 1.165) is 36.6 Å². The van der Waals surface area contributed by atoms with E-state index in [4.69, 9.17) is 0 Å². The van der Waals surface area contributed by atoms with E-state index in [9.17, 15) is 4.79 Å². The molecule has 1 fully saturated rings. The van der Waals surface area contributed by atoms with Crippen LogP contribution in [0.2, 0.25) is 0 Å². The van der Waals surface area contributed by atoms with Gasteiger partial charge in [-0.05, 0) is 31.0 Å². The van der Waals surface area contributed by atoms with Crippen LogP contribution in [0, 0.1) is 5.92 Å². The smallest absolute Gasteiger partial charge is 0.229 e. The fourth-order valence-electron chi connectivity index (χ4n) is 3.18. The van der Waals surface area contributed by atoms with E-state index in [1.165, 1.54) is 0 Å². The van der Waals surface area contributed by atoms with Crippen LogP contribution in [0.5, 0.6) is 0 Å². The van der Waals surface area contributed by atoms with Gasteiger partial charge >= 0.3 is 0 Å². The molecule has 0 saturated carbocycles. The molecule has 4 rings (SSSR count). The Bertz CT molecular complexity index is 866. The zero-order valence-electron chi connectivity index (χ0n) is 14.2. The molecule has 0 radical (unpaired) electrons. The number of hydrogen-bond donors (Lipinski definition) is 1. The molecule has 2 aromatic heterocycles. The number of carbonyl (C=O) groups is 1. The lowest BCUT2D eigenvalue weighted by Crippen LogP contribution is -2.41. The normalized spacial score (nSPS) is 17.1. The molecule has 1 aliphatic heterocycles. The van der Waals surface area contributed by atoms with Crippen LogP contribution < -0.4 is 10.2 Å². The van der Waals surface area contributed by atoms with E-state index in [0.29, 0.717) is 6.54 Å². The van der Waals surface area contributed by atoms with Crippen molar-refractivity contribution in [2.24, 2.45) is 5.92 Å². The SMILES string of the molecule is O=C(Nc1cccc(-n2cnnc2)c1)C1CCCN(c2cnccn2)C1. The largest absolute Gasteiger partial charge is 0.355 e. The number of nitrogens with one attached hydrogen (secondary N) is 1. The van der Waals surface area contributed by atoms with E-state index in [1.54, 1.807) is 35.8 Å². The van der Waals surface area contributed by atoms with Gasteiger partial charge in [0.25, 0.3) is 0 Å². The number of anilines is 2. The Kier molecular flexibility index (Phi) is 4.55. The fourth-order valence-corrected chi connectivity index (χ4v) is 3.18. The second-order valence-electron chi connectivity index (χ2n) is 6.26. The molecule has 1 amide bonds. The molecule has 1 N–H and O–H groups in total. The van der Waals surface area contributed by atoms with Crippen molar-refractivity contribution in [3.05, 3.63) is 55.5 Å². The molecule has 1 unspecified atom stereocenters. The predicted molar refractivity (Wildman–Crippen MR) is 97.0 cm³/mol. The van der Waals surface area contributed by atoms with Crippen molar-refractivity contribution in [1.82, 2.24) is 24.7 Å². The van der Waals surface area contributed by atoms with Crippen molar-refractivity contribution in [3.8, 4) is 5.69 Å². The number of nitrogens with zero attached hydrogens (tertiary/aromatic N) is 6. The van der Waals surface area contributed by atoms with E-state index in [2.05, 4.69) is 30.4 Å². The summed E-state index contributed by atoms with van der Waals surface area (Å²) in [6.45, 7) is 1.54. The van der Waals surface area contributed by atoms with Gasteiger partial charge in [-0.25, -0.2) is 4.98 Å². The highest BCUT2D eigenvalue weighted by molar-refractivity contribution is 5.93. The standard InChI is InChI=1S/C18H19N7O/c26-18(14-3-2-8-24(11-14)17-10-19-6-7-20-17)23-15-4-1-5-16(9-15)25-12-21-22-13-25/h1,4-7,9-10,12-14H,2-3,8,11H2,(H,23,26). The first-order valence-electron chi connectivity index (χ1n) is 8.56. The molecule has 1 aliphatic rings. The minimum absolute atomic E-state index is 0.0273. The van der Waals surface area contributed by atoms with Gasteiger partial charge in [-0.2, -0.15) is 0 Å². The van der Waals surface area contributed by atoms with Gasteiger partial charge in [0.05, 0.1) is 17.8 Å². The van der Waals surface area contributed by atoms with Gasteiger partial charge in [-0.15, -0.1) is 10.2 Å². The summed E-state index contributed by atoms with van der Waals surface area (Å²) in [4.78, 5) is 23.3. The summed E-state index contributed by atoms with van der Waals surface area (Å²) < 4.78 is 1.80. The molecule has 0 spiro atoms. The van der Waals surface area contributed by atoms with Crippen LogP contribution in [-0.4, -0.2) is 43.7 Å². The van der Waals surface area contributed by atoms with E-state index < -0.39 is 0 Å². The molecule has 3 heterocycles. The van der Waals surface area contributed by atoms with Gasteiger partial charge in [0.15, 0.2) is 0 Å². The average molecular weight is 349 g/mol. The summed E-state index contributed by atoms with van der Waals surface area (Å²) in [6.07, 6.45) is 10.1. The van der Waals surface area contributed by atoms with Gasteiger partial charge in [0.2, 0.25) is 5.91 Å². The van der Waals surface area contributed by atoms with E-state index >= 15 is 0 Å². The summed E-state index contributed by atoms with van der Waals surface area (Å²) in [5, 5.41) is 10.6. The summed E-state index contributed by atoms with van der Waals surface area (Å²) in [5.41, 5.74) is 1.66. The van der Waals surface area contributed by atoms with Gasteiger partial charge in [-0.3, -0.25) is 14.3 Å². The number of hydrogen-bond acceptors (Lipinski definition) is 6. The summed E-state index contributed by atoms with van der Waals surface area (Å²) in [5.74, 6) is 0.767. The monoisotopic (exact) mass is 349 g/mol. The fraction of sp³-hybridized carbons (Fsp3) is 0.278. The van der Waals surface area contributed by atoms with Gasteiger partial charge in [0, 0.05) is 31.2 Å². The lowest BCUT2D eigenvalue weighted by Gasteiger charge is -2.32. The molecular formula is C18H19N7O. The summed E-state index contributed by atoms with van der Waals surface area (Å²) >= 11 is 0. The predicted octanol–water partition coefficient (Wildman–Crippen LogP) is 1.91. The lowest BCUT2D eigenvalue weighted by molar-refractivity contribution is -0.120. The molecule has 132 valence electrons. The highest BCUT2D eigenvalue weighted by Crippen LogP contribution is 2.23. The second kappa shape index (κ2) is 7.30. The maximum absolute atomic E-state index is 12.7. The van der Waals surface area contributed by atoms with Crippen LogP contribution in [0.3, 0.4) is 0 Å². The number of piperidine rings is 1. The molecule has 26 heavy (non-hydrogen) atoms. The quantitative estimate of drug-likeness (QED) is 0.774. The van der Waals surface area contributed by atoms with Gasteiger partial charge < -0.3 is 10.2 Å². The Morgan fingerprint density at radius 1 is 1.19 bits per heavy atom. The zero-order chi connectivity index (χ0) is 17.8. The number of rotatable bonds is 4. The first kappa shape index (κ1) is 16.2. The highest BCUT2D eigenvalue weighted by Gasteiger charge is 2.26. The Morgan fingerprint density at radius 3 is 2.88 bits per heavy atom. The third kappa shape index (κ3) is 3.53. The Hall–Kier alpha value is -3.29. The third-order valence-corrected chi connectivity index (χ3v) is 4.50. The molecule has 1 aromatic carbocycles.